The van der Waals surface area contributed by atoms with Gasteiger partial charge in [0.15, 0.2) is 17.1 Å². The van der Waals surface area contributed by atoms with Gasteiger partial charge in [-0.25, -0.2) is 14.4 Å². The van der Waals surface area contributed by atoms with E-state index in [1.54, 1.807) is 11.9 Å². The zero-order valence-electron chi connectivity index (χ0n) is 20.0. The average Bonchev–Trinajstić information content (AvgIpc) is 3.49. The van der Waals surface area contributed by atoms with Crippen LogP contribution in [0.15, 0.2) is 30.9 Å². The maximum absolute atomic E-state index is 15.7. The van der Waals surface area contributed by atoms with Gasteiger partial charge >= 0.3 is 6.30 Å². The zero-order valence-corrected chi connectivity index (χ0v) is 20.0. The number of hydrogen-bond donors (Lipinski definition) is 0. The van der Waals surface area contributed by atoms with Crippen LogP contribution < -0.4 is 4.90 Å². The summed E-state index contributed by atoms with van der Waals surface area (Å²) in [5, 5.41) is 20.8. The highest BCUT2D eigenvalue weighted by atomic mass is 19.4. The van der Waals surface area contributed by atoms with E-state index >= 15 is 4.39 Å². The number of nitriles is 1. The summed E-state index contributed by atoms with van der Waals surface area (Å²) in [7, 11) is 1.62. The molecule has 1 saturated heterocycles. The second-order valence-corrected chi connectivity index (χ2v) is 9.15. The largest absolute Gasteiger partial charge is 0.504 e. The van der Waals surface area contributed by atoms with Crippen LogP contribution in [0.4, 0.5) is 32.0 Å². The van der Waals surface area contributed by atoms with E-state index in [-0.39, 0.29) is 70.0 Å². The first-order valence-corrected chi connectivity index (χ1v) is 11.3. The third-order valence-electron chi connectivity index (χ3n) is 6.44. The number of aryl methyl sites for hydroxylation is 1. The highest BCUT2D eigenvalue weighted by molar-refractivity contribution is 5.85. The van der Waals surface area contributed by atoms with Gasteiger partial charge in [0.1, 0.15) is 18.1 Å². The first kappa shape index (κ1) is 25.4. The van der Waals surface area contributed by atoms with Gasteiger partial charge in [-0.2, -0.15) is 18.7 Å². The molecule has 0 radical (unpaired) electrons. The molecule has 1 fully saturated rings. The van der Waals surface area contributed by atoms with Crippen molar-refractivity contribution in [1.82, 2.24) is 34.5 Å². The monoisotopic (exact) mass is 535 g/mol. The topological polar surface area (TPSA) is 101 Å². The van der Waals surface area contributed by atoms with Crippen molar-refractivity contribution in [3.05, 3.63) is 47.9 Å². The Bertz CT molecular complexity index is 1550. The number of hydrogen-bond acceptors (Lipinski definition) is 7. The lowest BCUT2D eigenvalue weighted by Gasteiger charge is -2.38. The van der Waals surface area contributed by atoms with Crippen LogP contribution in [0.1, 0.15) is 36.8 Å². The molecule has 4 aromatic rings. The summed E-state index contributed by atoms with van der Waals surface area (Å²) in [5.74, 6) is -3.27. The highest BCUT2D eigenvalue weighted by Crippen LogP contribution is 2.42. The molecule has 0 atom stereocenters. The fourth-order valence-electron chi connectivity index (χ4n) is 4.54. The van der Waals surface area contributed by atoms with Crippen LogP contribution in [-0.4, -0.2) is 47.6 Å². The molecular formula is C23H19F6N9. The van der Waals surface area contributed by atoms with Crippen molar-refractivity contribution in [3.63, 3.8) is 0 Å². The van der Waals surface area contributed by atoms with Crippen LogP contribution >= 0.6 is 0 Å². The summed E-state index contributed by atoms with van der Waals surface area (Å²) in [5.41, 5.74) is -2.68. The molecule has 9 nitrogen and oxygen atoms in total. The standard InChI is InChI=1S/C23H19F6N9/c1-21(24,25)16-8-13(9-30)18(37-5-3-22(26,4-6-37)20-34-32-12-36(20)2)17(33-16)14-7-15-11-38(23(27,28)29)35-19(15)31-10-14/h7-8,10-12H,3-6H2,1-2H3. The second kappa shape index (κ2) is 8.67. The molecule has 198 valence electrons. The Morgan fingerprint density at radius 2 is 1.82 bits per heavy atom. The number of alkyl halides is 6. The van der Waals surface area contributed by atoms with Gasteiger partial charge in [-0.3, -0.25) is 0 Å². The minimum atomic E-state index is -4.78. The molecule has 0 N–H and O–H groups in total. The SMILES string of the molecule is Cn1cnnc1C1(F)CCN(c2c(C#N)cc(C(C)(F)F)nc2-c2cnc3nn(C(F)(F)F)cc3c2)CC1. The predicted molar refractivity (Wildman–Crippen MR) is 122 cm³/mol. The lowest BCUT2D eigenvalue weighted by molar-refractivity contribution is -0.211. The van der Waals surface area contributed by atoms with Crippen LogP contribution in [0.2, 0.25) is 0 Å². The first-order valence-electron chi connectivity index (χ1n) is 11.3. The van der Waals surface area contributed by atoms with Crippen LogP contribution in [0.25, 0.3) is 22.3 Å². The lowest BCUT2D eigenvalue weighted by Crippen LogP contribution is -2.42. The molecule has 0 saturated carbocycles. The number of anilines is 1. The van der Waals surface area contributed by atoms with E-state index in [4.69, 9.17) is 0 Å². The van der Waals surface area contributed by atoms with Crippen molar-refractivity contribution in [1.29, 1.82) is 5.26 Å². The van der Waals surface area contributed by atoms with E-state index in [1.807, 2.05) is 6.07 Å². The molecule has 0 amide bonds. The minimum absolute atomic E-state index is 0.0107. The van der Waals surface area contributed by atoms with Crippen molar-refractivity contribution in [3.8, 4) is 17.3 Å². The van der Waals surface area contributed by atoms with Crippen molar-refractivity contribution >= 4 is 16.7 Å². The average molecular weight is 535 g/mol. The molecule has 4 aromatic heterocycles. The molecule has 5 heterocycles. The smallest absolute Gasteiger partial charge is 0.368 e. The van der Waals surface area contributed by atoms with E-state index in [9.17, 15) is 27.2 Å². The summed E-state index contributed by atoms with van der Waals surface area (Å²) in [6, 6.07) is 4.16. The van der Waals surface area contributed by atoms with Crippen LogP contribution in [0, 0.1) is 11.3 Å². The third-order valence-corrected chi connectivity index (χ3v) is 6.44. The molecule has 0 aromatic carbocycles. The van der Waals surface area contributed by atoms with Crippen molar-refractivity contribution < 1.29 is 26.3 Å². The Kier molecular flexibility index (Phi) is 5.80. The summed E-state index contributed by atoms with van der Waals surface area (Å²) in [4.78, 5) is 9.71. The number of pyridine rings is 2. The Morgan fingerprint density at radius 1 is 1.11 bits per heavy atom. The van der Waals surface area contributed by atoms with E-state index in [1.165, 1.54) is 17.0 Å². The minimum Gasteiger partial charge on any atom is -0.368 e. The number of nitrogens with zero attached hydrogens (tertiary/aromatic N) is 9. The van der Waals surface area contributed by atoms with Gasteiger partial charge in [-0.1, -0.05) is 0 Å². The molecule has 1 aliphatic rings. The summed E-state index contributed by atoms with van der Waals surface area (Å²) in [6.07, 6.45) is -1.60. The Balaban J connectivity index is 1.61. The number of rotatable bonds is 4. The van der Waals surface area contributed by atoms with Gasteiger partial charge in [0, 0.05) is 63.2 Å². The van der Waals surface area contributed by atoms with Crippen molar-refractivity contribution in [2.24, 2.45) is 7.05 Å². The van der Waals surface area contributed by atoms with Gasteiger partial charge in [0.05, 0.1) is 16.9 Å². The molecule has 0 aliphatic carbocycles. The number of halogens is 6. The summed E-state index contributed by atoms with van der Waals surface area (Å²) < 4.78 is 85.0. The Hall–Kier alpha value is -4.22. The van der Waals surface area contributed by atoms with E-state index in [0.29, 0.717) is 13.1 Å². The molecule has 38 heavy (non-hydrogen) atoms. The predicted octanol–water partition coefficient (Wildman–Crippen LogP) is 4.55. The zero-order chi connectivity index (χ0) is 27.5. The summed E-state index contributed by atoms with van der Waals surface area (Å²) in [6.45, 7) is 0.778. The number of piperidine rings is 1. The third kappa shape index (κ3) is 4.39. The number of fused-ring (bicyclic) bond motifs is 1. The van der Waals surface area contributed by atoms with E-state index in [0.717, 1.165) is 12.3 Å². The quantitative estimate of drug-likeness (QED) is 0.354. The van der Waals surface area contributed by atoms with Gasteiger partial charge in [0.25, 0.3) is 5.92 Å². The first-order chi connectivity index (χ1) is 17.8. The molecular weight excluding hydrogens is 516 g/mol. The van der Waals surface area contributed by atoms with Gasteiger partial charge < -0.3 is 9.47 Å². The lowest BCUT2D eigenvalue weighted by atomic mass is 9.91. The normalized spacial score (nSPS) is 16.1. The van der Waals surface area contributed by atoms with Gasteiger partial charge in [0.2, 0.25) is 0 Å². The van der Waals surface area contributed by atoms with Crippen LogP contribution in [-0.2, 0) is 24.9 Å². The van der Waals surface area contributed by atoms with Gasteiger partial charge in [-0.15, -0.1) is 28.5 Å². The summed E-state index contributed by atoms with van der Waals surface area (Å²) >= 11 is 0. The van der Waals surface area contributed by atoms with Crippen LogP contribution in [0.5, 0.6) is 0 Å². The fraction of sp³-hybridized carbons (Fsp3) is 0.391. The highest BCUT2D eigenvalue weighted by Gasteiger charge is 2.41. The van der Waals surface area contributed by atoms with E-state index in [2.05, 4.69) is 25.3 Å². The van der Waals surface area contributed by atoms with Crippen molar-refractivity contribution in [2.75, 3.05) is 18.0 Å². The molecule has 1 aliphatic heterocycles. The Labute approximate surface area is 211 Å². The molecule has 15 heteroatoms. The van der Waals surface area contributed by atoms with Crippen LogP contribution in [0.3, 0.4) is 0 Å². The molecule has 5 rings (SSSR count). The second-order valence-electron chi connectivity index (χ2n) is 9.15. The Morgan fingerprint density at radius 3 is 2.39 bits per heavy atom. The maximum Gasteiger partial charge on any atom is 0.504 e. The molecule has 0 unspecified atom stereocenters. The van der Waals surface area contributed by atoms with E-state index < -0.39 is 23.6 Å². The maximum atomic E-state index is 15.7. The number of aromatic nitrogens is 7. The van der Waals surface area contributed by atoms with Crippen molar-refractivity contribution in [2.45, 2.75) is 37.7 Å². The molecule has 0 bridgehead atoms. The molecule has 0 spiro atoms. The van der Waals surface area contributed by atoms with Gasteiger partial charge in [-0.05, 0) is 12.1 Å². The fourth-order valence-corrected chi connectivity index (χ4v) is 4.54.